The number of carbonyl (C=O) groups excluding carboxylic acids is 2. The number of nitrogens with zero attached hydrogens (tertiary/aromatic N) is 3. The van der Waals surface area contributed by atoms with Gasteiger partial charge in [0.2, 0.25) is 15.9 Å². The number of anilines is 1. The predicted octanol–water partition coefficient (Wildman–Crippen LogP) is 6.06. The zero-order valence-corrected chi connectivity index (χ0v) is 23.2. The molecule has 1 atom stereocenters. The molecular weight excluding hydrogens is 565 g/mol. The molecular formula is C27H21Cl2N3O4S2. The lowest BCUT2D eigenvalue weighted by atomic mass is 10.2. The number of aryl methyl sites for hydroxylation is 1. The van der Waals surface area contributed by atoms with Gasteiger partial charge in [-0.3, -0.25) is 9.59 Å². The molecule has 2 heterocycles. The minimum atomic E-state index is -4.18. The van der Waals surface area contributed by atoms with E-state index in [0.717, 1.165) is 35.6 Å². The number of halogens is 2. The summed E-state index contributed by atoms with van der Waals surface area (Å²) in [6, 6.07) is 15.7. The summed E-state index contributed by atoms with van der Waals surface area (Å²) in [6.07, 6.45) is 0.962. The fraction of sp³-hybridized carbons (Fsp3) is 0.222. The number of carbonyl (C=O) groups is 2. The second-order valence-electron chi connectivity index (χ2n) is 9.47. The predicted molar refractivity (Wildman–Crippen MR) is 149 cm³/mol. The summed E-state index contributed by atoms with van der Waals surface area (Å²) in [6.45, 7) is 2.03. The average Bonchev–Trinajstić information content (AvgIpc) is 3.55. The van der Waals surface area contributed by atoms with Gasteiger partial charge in [-0.1, -0.05) is 29.3 Å². The van der Waals surface area contributed by atoms with Crippen molar-refractivity contribution in [1.82, 2.24) is 9.29 Å². The van der Waals surface area contributed by atoms with Crippen molar-refractivity contribution in [3.63, 3.8) is 0 Å². The molecule has 1 saturated carbocycles. The average molecular weight is 587 g/mol. The van der Waals surface area contributed by atoms with Gasteiger partial charge in [-0.25, -0.2) is 18.3 Å². The second kappa shape index (κ2) is 9.43. The van der Waals surface area contributed by atoms with E-state index < -0.39 is 27.9 Å². The Hall–Kier alpha value is -2.82. The van der Waals surface area contributed by atoms with Crippen LogP contribution < -0.4 is 4.90 Å². The summed E-state index contributed by atoms with van der Waals surface area (Å²) in [5.74, 6) is -1.03. The molecule has 1 unspecified atom stereocenters. The Kier molecular flexibility index (Phi) is 6.32. The number of aromatic nitrogens is 1. The monoisotopic (exact) mass is 585 g/mol. The summed E-state index contributed by atoms with van der Waals surface area (Å²) in [7, 11) is -4.18. The summed E-state index contributed by atoms with van der Waals surface area (Å²) in [5, 5.41) is 1.05. The van der Waals surface area contributed by atoms with Crippen LogP contribution in [0, 0.1) is 6.92 Å². The van der Waals surface area contributed by atoms with Crippen LogP contribution in [0.25, 0.3) is 20.8 Å². The van der Waals surface area contributed by atoms with Crippen LogP contribution in [-0.2, 0) is 19.6 Å². The Morgan fingerprint density at radius 3 is 2.45 bits per heavy atom. The van der Waals surface area contributed by atoms with Crippen LogP contribution in [0.4, 0.5) is 5.69 Å². The molecule has 1 aromatic heterocycles. The minimum Gasteiger partial charge on any atom is -0.274 e. The third-order valence-corrected chi connectivity index (χ3v) is 10.4. The lowest BCUT2D eigenvalue weighted by Crippen LogP contribution is -2.46. The number of sulfonamides is 1. The van der Waals surface area contributed by atoms with E-state index in [2.05, 4.69) is 11.1 Å². The van der Waals surface area contributed by atoms with E-state index in [-0.39, 0.29) is 27.4 Å². The van der Waals surface area contributed by atoms with Gasteiger partial charge in [0.1, 0.15) is 15.9 Å². The van der Waals surface area contributed by atoms with E-state index in [0.29, 0.717) is 18.5 Å². The van der Waals surface area contributed by atoms with E-state index >= 15 is 0 Å². The number of hydrogen-bond donors (Lipinski definition) is 0. The number of amides is 2. The molecule has 6 rings (SSSR count). The van der Waals surface area contributed by atoms with Gasteiger partial charge >= 0.3 is 0 Å². The highest BCUT2D eigenvalue weighted by Crippen LogP contribution is 2.40. The third-order valence-electron chi connectivity index (χ3n) is 6.70. The Morgan fingerprint density at radius 1 is 1.00 bits per heavy atom. The SMILES string of the molecule is Cc1ccc2nc(-c3ccc(N4C(=O)CC(N(C5CC5)S(=O)(=O)c5cc(Cl)ccc5Cl)C4=O)cc3)sc2c1. The van der Waals surface area contributed by atoms with Crippen molar-refractivity contribution in [3.8, 4) is 10.6 Å². The second-order valence-corrected chi connectivity index (χ2v) is 13.2. The van der Waals surface area contributed by atoms with E-state index in [4.69, 9.17) is 23.2 Å². The molecule has 7 nitrogen and oxygen atoms in total. The van der Waals surface area contributed by atoms with Crippen molar-refractivity contribution < 1.29 is 18.0 Å². The third kappa shape index (κ3) is 4.42. The summed E-state index contributed by atoms with van der Waals surface area (Å²) >= 11 is 13.8. The van der Waals surface area contributed by atoms with Crippen LogP contribution in [0.3, 0.4) is 0 Å². The molecule has 11 heteroatoms. The molecule has 38 heavy (non-hydrogen) atoms. The van der Waals surface area contributed by atoms with Gasteiger partial charge in [-0.15, -0.1) is 11.3 Å². The lowest BCUT2D eigenvalue weighted by Gasteiger charge is -2.27. The molecule has 2 fully saturated rings. The maximum Gasteiger partial charge on any atom is 0.252 e. The number of imide groups is 1. The zero-order valence-electron chi connectivity index (χ0n) is 20.1. The van der Waals surface area contributed by atoms with Crippen LogP contribution >= 0.6 is 34.5 Å². The first kappa shape index (κ1) is 25.5. The molecule has 3 aromatic carbocycles. The molecule has 0 N–H and O–H groups in total. The molecule has 4 aromatic rings. The van der Waals surface area contributed by atoms with Crippen molar-refractivity contribution in [2.24, 2.45) is 0 Å². The number of fused-ring (bicyclic) bond motifs is 1. The number of thiazole rings is 1. The quantitative estimate of drug-likeness (QED) is 0.256. The van der Waals surface area contributed by atoms with Gasteiger partial charge in [-0.05, 0) is 79.9 Å². The van der Waals surface area contributed by atoms with Crippen LogP contribution in [0.15, 0.2) is 65.6 Å². The number of benzene rings is 3. The van der Waals surface area contributed by atoms with E-state index in [1.165, 1.54) is 18.2 Å². The first-order chi connectivity index (χ1) is 18.1. The van der Waals surface area contributed by atoms with E-state index in [9.17, 15) is 18.0 Å². The molecule has 0 bridgehead atoms. The lowest BCUT2D eigenvalue weighted by molar-refractivity contribution is -0.122. The molecule has 194 valence electrons. The van der Waals surface area contributed by atoms with Crippen LogP contribution in [0.1, 0.15) is 24.8 Å². The van der Waals surface area contributed by atoms with Gasteiger partial charge in [0.05, 0.1) is 27.3 Å². The van der Waals surface area contributed by atoms with Crippen LogP contribution in [-0.4, -0.2) is 41.6 Å². The van der Waals surface area contributed by atoms with Crippen molar-refractivity contribution in [2.75, 3.05) is 4.90 Å². The van der Waals surface area contributed by atoms with Crippen molar-refractivity contribution in [1.29, 1.82) is 0 Å². The normalized spacial score (nSPS) is 18.2. The summed E-state index contributed by atoms with van der Waals surface area (Å²) in [4.78, 5) is 32.2. The first-order valence-corrected chi connectivity index (χ1v) is 15.0. The topological polar surface area (TPSA) is 87.7 Å². The van der Waals surface area contributed by atoms with Gasteiger partial charge in [0.15, 0.2) is 0 Å². The van der Waals surface area contributed by atoms with Crippen molar-refractivity contribution in [2.45, 2.75) is 43.2 Å². The van der Waals surface area contributed by atoms with Gasteiger partial charge in [-0.2, -0.15) is 4.31 Å². The Balaban J connectivity index is 1.30. The van der Waals surface area contributed by atoms with Gasteiger partial charge in [0.25, 0.3) is 5.91 Å². The van der Waals surface area contributed by atoms with Crippen LogP contribution in [0.5, 0.6) is 0 Å². The molecule has 2 aliphatic rings. The van der Waals surface area contributed by atoms with E-state index in [1.54, 1.807) is 23.5 Å². The Morgan fingerprint density at radius 2 is 1.74 bits per heavy atom. The summed E-state index contributed by atoms with van der Waals surface area (Å²) in [5.41, 5.74) is 3.32. The number of hydrogen-bond acceptors (Lipinski definition) is 6. The van der Waals surface area contributed by atoms with Crippen LogP contribution in [0.2, 0.25) is 10.0 Å². The first-order valence-electron chi connectivity index (χ1n) is 12.0. The Labute approximate surface area is 233 Å². The molecule has 0 spiro atoms. The number of rotatable bonds is 6. The fourth-order valence-electron chi connectivity index (χ4n) is 4.73. The van der Waals surface area contributed by atoms with Gasteiger partial charge < -0.3 is 0 Å². The van der Waals surface area contributed by atoms with E-state index in [1.807, 2.05) is 31.2 Å². The molecule has 1 aliphatic heterocycles. The highest BCUT2D eigenvalue weighted by atomic mass is 35.5. The maximum atomic E-state index is 13.7. The smallest absolute Gasteiger partial charge is 0.252 e. The molecule has 0 radical (unpaired) electrons. The highest BCUT2D eigenvalue weighted by Gasteiger charge is 2.52. The summed E-state index contributed by atoms with van der Waals surface area (Å²) < 4.78 is 29.6. The molecule has 1 saturated heterocycles. The van der Waals surface area contributed by atoms with Gasteiger partial charge in [0, 0.05) is 16.6 Å². The Bertz CT molecular complexity index is 1720. The van der Waals surface area contributed by atoms with Crippen molar-refractivity contribution in [3.05, 3.63) is 76.3 Å². The highest BCUT2D eigenvalue weighted by molar-refractivity contribution is 7.89. The zero-order chi connectivity index (χ0) is 26.8. The fourth-order valence-corrected chi connectivity index (χ4v) is 8.37. The standard InChI is InChI=1S/C27H21Cl2N3O4S2/c1-15-2-11-21-23(12-15)37-26(30-21)16-3-6-18(7-4-16)31-25(33)14-22(27(31)34)32(19-8-9-19)38(35,36)24-13-17(28)5-10-20(24)29/h2-7,10-13,19,22H,8-9,14H2,1H3. The van der Waals surface area contributed by atoms with Crippen molar-refractivity contribution >= 4 is 72.3 Å². The molecule has 1 aliphatic carbocycles. The molecule has 2 amide bonds. The maximum absolute atomic E-state index is 13.7. The minimum absolute atomic E-state index is 0.00859. The largest absolute Gasteiger partial charge is 0.274 e.